The molecule has 2 aromatic rings. The molecule has 0 fully saturated rings. The van der Waals surface area contributed by atoms with E-state index in [2.05, 4.69) is 10.6 Å². The molecule has 0 atom stereocenters. The van der Waals surface area contributed by atoms with E-state index in [4.69, 9.17) is 0 Å². The average molecular weight is 272 g/mol. The predicted molar refractivity (Wildman–Crippen MR) is 78.3 cm³/mol. The zero-order chi connectivity index (χ0) is 14.7. The van der Waals surface area contributed by atoms with Gasteiger partial charge in [-0.3, -0.25) is 0 Å². The van der Waals surface area contributed by atoms with E-state index >= 15 is 0 Å². The van der Waals surface area contributed by atoms with Crippen LogP contribution in [0.5, 0.6) is 11.5 Å². The van der Waals surface area contributed by atoms with Crippen molar-refractivity contribution in [3.63, 3.8) is 0 Å². The summed E-state index contributed by atoms with van der Waals surface area (Å²) in [6.45, 7) is 3.81. The standard InChI is InChI=1S/C15H16N2O3/c1-9-4-3-5-10(2)14(9)17-15(20)16-11-6-12(18)8-13(19)7-11/h3-8,18-19H,1-2H3,(H2,16,17,20). The first kappa shape index (κ1) is 13.7. The molecule has 4 N–H and O–H groups in total. The first-order valence-corrected chi connectivity index (χ1v) is 6.13. The number of aryl methyl sites for hydroxylation is 2. The molecule has 0 saturated heterocycles. The number of phenols is 2. The second-order valence-corrected chi connectivity index (χ2v) is 4.58. The lowest BCUT2D eigenvalue weighted by Gasteiger charge is -2.12. The summed E-state index contributed by atoms with van der Waals surface area (Å²) in [5, 5.41) is 24.0. The SMILES string of the molecule is Cc1cccc(C)c1NC(=O)Nc1cc(O)cc(O)c1. The molecule has 0 aliphatic rings. The van der Waals surface area contributed by atoms with Gasteiger partial charge in [-0.15, -0.1) is 0 Å². The third-order valence-corrected chi connectivity index (χ3v) is 2.88. The zero-order valence-electron chi connectivity index (χ0n) is 11.3. The predicted octanol–water partition coefficient (Wildman–Crippen LogP) is 3.36. The third-order valence-electron chi connectivity index (χ3n) is 2.88. The minimum Gasteiger partial charge on any atom is -0.508 e. The summed E-state index contributed by atoms with van der Waals surface area (Å²) in [7, 11) is 0. The minimum atomic E-state index is -0.438. The highest BCUT2D eigenvalue weighted by atomic mass is 16.3. The fourth-order valence-corrected chi connectivity index (χ4v) is 1.95. The van der Waals surface area contributed by atoms with Crippen LogP contribution in [-0.2, 0) is 0 Å². The highest BCUT2D eigenvalue weighted by Gasteiger charge is 2.08. The Hall–Kier alpha value is -2.69. The number of urea groups is 1. The Labute approximate surface area is 116 Å². The highest BCUT2D eigenvalue weighted by molar-refractivity contribution is 6.00. The lowest BCUT2D eigenvalue weighted by atomic mass is 10.1. The van der Waals surface area contributed by atoms with Crippen LogP contribution in [0, 0.1) is 13.8 Å². The maximum absolute atomic E-state index is 11.9. The molecular weight excluding hydrogens is 256 g/mol. The fourth-order valence-electron chi connectivity index (χ4n) is 1.95. The summed E-state index contributed by atoms with van der Waals surface area (Å²) in [4.78, 5) is 11.9. The maximum Gasteiger partial charge on any atom is 0.323 e. The largest absolute Gasteiger partial charge is 0.508 e. The average Bonchev–Trinajstić information content (AvgIpc) is 2.32. The van der Waals surface area contributed by atoms with Gasteiger partial charge in [0.15, 0.2) is 0 Å². The number of hydrogen-bond acceptors (Lipinski definition) is 3. The Balaban J connectivity index is 2.13. The molecule has 5 nitrogen and oxygen atoms in total. The van der Waals surface area contributed by atoms with Crippen molar-refractivity contribution in [1.29, 1.82) is 0 Å². The molecule has 0 saturated carbocycles. The van der Waals surface area contributed by atoms with Gasteiger partial charge < -0.3 is 20.8 Å². The van der Waals surface area contributed by atoms with Crippen molar-refractivity contribution in [2.24, 2.45) is 0 Å². The summed E-state index contributed by atoms with van der Waals surface area (Å²) >= 11 is 0. The zero-order valence-corrected chi connectivity index (χ0v) is 11.3. The van der Waals surface area contributed by atoms with Crippen LogP contribution in [0.25, 0.3) is 0 Å². The Kier molecular flexibility index (Phi) is 3.79. The van der Waals surface area contributed by atoms with Crippen LogP contribution in [0.2, 0.25) is 0 Å². The van der Waals surface area contributed by atoms with Crippen molar-refractivity contribution in [1.82, 2.24) is 0 Å². The van der Waals surface area contributed by atoms with E-state index in [0.29, 0.717) is 5.69 Å². The molecule has 0 unspecified atom stereocenters. The van der Waals surface area contributed by atoms with Crippen LogP contribution in [0.4, 0.5) is 16.2 Å². The molecule has 0 aliphatic heterocycles. The lowest BCUT2D eigenvalue weighted by molar-refractivity contribution is 0.262. The van der Waals surface area contributed by atoms with Gasteiger partial charge in [-0.25, -0.2) is 4.79 Å². The van der Waals surface area contributed by atoms with Gasteiger partial charge in [0.25, 0.3) is 0 Å². The first-order valence-electron chi connectivity index (χ1n) is 6.13. The van der Waals surface area contributed by atoms with E-state index in [-0.39, 0.29) is 11.5 Å². The molecule has 0 radical (unpaired) electrons. The Morgan fingerprint density at radius 2 is 1.50 bits per heavy atom. The molecule has 0 aliphatic carbocycles. The number of aromatic hydroxyl groups is 2. The Morgan fingerprint density at radius 3 is 2.05 bits per heavy atom. The summed E-state index contributed by atoms with van der Waals surface area (Å²) in [6, 6.07) is 9.18. The molecule has 0 bridgehead atoms. The number of carbonyl (C=O) groups is 1. The molecule has 0 aromatic heterocycles. The van der Waals surface area contributed by atoms with Crippen LogP contribution in [-0.4, -0.2) is 16.2 Å². The number of amides is 2. The number of hydrogen-bond donors (Lipinski definition) is 4. The van der Waals surface area contributed by atoms with E-state index in [9.17, 15) is 15.0 Å². The van der Waals surface area contributed by atoms with Crippen LogP contribution in [0.15, 0.2) is 36.4 Å². The number of rotatable bonds is 2. The second-order valence-electron chi connectivity index (χ2n) is 4.58. The molecule has 2 amide bonds. The summed E-state index contributed by atoms with van der Waals surface area (Å²) in [5.74, 6) is -0.236. The number of phenolic OH excluding ortho intramolecular Hbond substituents is 2. The fraction of sp³-hybridized carbons (Fsp3) is 0.133. The van der Waals surface area contributed by atoms with Crippen molar-refractivity contribution >= 4 is 17.4 Å². The van der Waals surface area contributed by atoms with Crippen LogP contribution < -0.4 is 10.6 Å². The van der Waals surface area contributed by atoms with Gasteiger partial charge in [-0.2, -0.15) is 0 Å². The molecular formula is C15H16N2O3. The van der Waals surface area contributed by atoms with Crippen LogP contribution in [0.1, 0.15) is 11.1 Å². The second kappa shape index (κ2) is 5.52. The summed E-state index contributed by atoms with van der Waals surface area (Å²) < 4.78 is 0. The van der Waals surface area contributed by atoms with Crippen LogP contribution >= 0.6 is 0 Å². The third kappa shape index (κ3) is 3.20. The smallest absolute Gasteiger partial charge is 0.323 e. The van der Waals surface area contributed by atoms with Gasteiger partial charge in [0.05, 0.1) is 0 Å². The monoisotopic (exact) mass is 272 g/mol. The molecule has 20 heavy (non-hydrogen) atoms. The van der Waals surface area contributed by atoms with Gasteiger partial charge in [-0.05, 0) is 25.0 Å². The molecule has 5 heteroatoms. The Bertz CT molecular complexity index is 613. The molecule has 0 heterocycles. The van der Waals surface area contributed by atoms with Gasteiger partial charge >= 0.3 is 6.03 Å². The summed E-state index contributed by atoms with van der Waals surface area (Å²) in [6.07, 6.45) is 0. The molecule has 104 valence electrons. The van der Waals surface area contributed by atoms with Gasteiger partial charge in [0, 0.05) is 29.6 Å². The van der Waals surface area contributed by atoms with E-state index < -0.39 is 6.03 Å². The van der Waals surface area contributed by atoms with Crippen molar-refractivity contribution in [2.45, 2.75) is 13.8 Å². The lowest BCUT2D eigenvalue weighted by Crippen LogP contribution is -2.20. The molecule has 2 aromatic carbocycles. The topological polar surface area (TPSA) is 81.6 Å². The Morgan fingerprint density at radius 1 is 0.950 bits per heavy atom. The van der Waals surface area contributed by atoms with E-state index in [0.717, 1.165) is 16.8 Å². The minimum absolute atomic E-state index is 0.118. The number of carbonyl (C=O) groups excluding carboxylic acids is 1. The van der Waals surface area contributed by atoms with E-state index in [1.807, 2.05) is 32.0 Å². The van der Waals surface area contributed by atoms with Gasteiger partial charge in [0.2, 0.25) is 0 Å². The first-order chi connectivity index (χ1) is 9.45. The quantitative estimate of drug-likeness (QED) is 0.676. The van der Waals surface area contributed by atoms with Crippen molar-refractivity contribution in [2.75, 3.05) is 10.6 Å². The molecule has 2 rings (SSSR count). The maximum atomic E-state index is 11.9. The van der Waals surface area contributed by atoms with Crippen molar-refractivity contribution < 1.29 is 15.0 Å². The van der Waals surface area contributed by atoms with E-state index in [1.165, 1.54) is 18.2 Å². The van der Waals surface area contributed by atoms with Crippen molar-refractivity contribution in [3.05, 3.63) is 47.5 Å². The number of anilines is 2. The van der Waals surface area contributed by atoms with Crippen molar-refractivity contribution in [3.8, 4) is 11.5 Å². The van der Waals surface area contributed by atoms with Crippen LogP contribution in [0.3, 0.4) is 0 Å². The number of benzene rings is 2. The molecule has 0 spiro atoms. The normalized spacial score (nSPS) is 10.1. The van der Waals surface area contributed by atoms with Gasteiger partial charge in [0.1, 0.15) is 11.5 Å². The van der Waals surface area contributed by atoms with Gasteiger partial charge in [-0.1, -0.05) is 18.2 Å². The number of nitrogens with one attached hydrogen (secondary N) is 2. The highest BCUT2D eigenvalue weighted by Crippen LogP contribution is 2.24. The summed E-state index contributed by atoms with van der Waals surface area (Å²) in [5.41, 5.74) is 2.97. The van der Waals surface area contributed by atoms with E-state index in [1.54, 1.807) is 0 Å². The number of para-hydroxylation sites is 1.